The second-order valence-corrected chi connectivity index (χ2v) is 13.5. The van der Waals surface area contributed by atoms with E-state index < -0.39 is 106 Å². The van der Waals surface area contributed by atoms with Crippen LogP contribution in [0.1, 0.15) is 47.0 Å². The number of benzene rings is 3. The molecule has 1 aliphatic heterocycles. The van der Waals surface area contributed by atoms with Gasteiger partial charge in [-0.15, -0.1) is 10.9 Å². The van der Waals surface area contributed by atoms with Gasteiger partial charge in [0.1, 0.15) is 23.3 Å². The van der Waals surface area contributed by atoms with E-state index in [0.717, 1.165) is 0 Å². The summed E-state index contributed by atoms with van der Waals surface area (Å²) in [6.07, 6.45) is 4.14. The summed E-state index contributed by atoms with van der Waals surface area (Å²) >= 11 is 29.3. The summed E-state index contributed by atoms with van der Waals surface area (Å²) in [5, 5.41) is -1.54. The second-order valence-electron chi connectivity index (χ2n) is 11.7. The predicted molar refractivity (Wildman–Crippen MR) is 154 cm³/mol. The first kappa shape index (κ1) is 36.9. The Morgan fingerprint density at radius 1 is 0.432 bits per heavy atom. The average molecular weight is 738 g/mol. The number of piperidine rings is 1. The third kappa shape index (κ3) is 6.76. The molecule has 1 saturated heterocycles. The summed E-state index contributed by atoms with van der Waals surface area (Å²) in [6, 6.07) is 0. The number of halogens is 15. The fraction of sp³-hybridized carbons (Fsp3) is 0.333. The van der Waals surface area contributed by atoms with E-state index in [4.69, 9.17) is 58.0 Å². The SMILES string of the molecule is CC1(C)CCCC(C)(C)[NH2+]1.Fc1c(F)c(F)c([BH-](c2c(F)c(F)c(F)c(F)c2F)c2c(Cl)c(Cl)c(Cl)c(Cl)c2Cl)c(F)c1F. The van der Waals surface area contributed by atoms with Crippen LogP contribution in [0.5, 0.6) is 0 Å². The molecule has 0 atom stereocenters. The van der Waals surface area contributed by atoms with Gasteiger partial charge < -0.3 is 5.32 Å². The van der Waals surface area contributed by atoms with Crippen LogP contribution in [-0.2, 0) is 0 Å². The van der Waals surface area contributed by atoms with Crippen LogP contribution in [-0.4, -0.2) is 17.8 Å². The maximum absolute atomic E-state index is 14.7. The van der Waals surface area contributed by atoms with Gasteiger partial charge in [-0.2, -0.15) is 5.46 Å². The van der Waals surface area contributed by atoms with Gasteiger partial charge in [-0.1, -0.05) is 58.0 Å². The molecule has 1 aliphatic rings. The van der Waals surface area contributed by atoms with Gasteiger partial charge in [-0.05, 0) is 34.1 Å². The van der Waals surface area contributed by atoms with Crippen LogP contribution in [0.4, 0.5) is 43.9 Å². The molecule has 1 fully saturated rings. The number of nitrogens with two attached hydrogens (primary N) is 1. The Morgan fingerprint density at radius 2 is 0.682 bits per heavy atom. The first-order valence-electron chi connectivity index (χ1n) is 12.7. The second kappa shape index (κ2) is 13.3. The van der Waals surface area contributed by atoms with Crippen molar-refractivity contribution in [3.05, 3.63) is 83.3 Å². The minimum atomic E-state index is -4.26. The maximum atomic E-state index is 14.7. The molecule has 0 amide bonds. The molecule has 0 aromatic heterocycles. The molecular weight excluding hydrogens is 716 g/mol. The normalized spacial score (nSPS) is 15.8. The first-order valence-corrected chi connectivity index (χ1v) is 14.6. The molecule has 0 bridgehead atoms. The van der Waals surface area contributed by atoms with Gasteiger partial charge in [0.15, 0.2) is 34.9 Å². The van der Waals surface area contributed by atoms with E-state index in [1.54, 1.807) is 0 Å². The predicted octanol–water partition coefficient (Wildman–Crippen LogP) is 7.88. The summed E-state index contributed by atoms with van der Waals surface area (Å²) in [4.78, 5) is 0. The summed E-state index contributed by atoms with van der Waals surface area (Å²) in [7, 11) is 0. The van der Waals surface area contributed by atoms with Crippen LogP contribution in [0, 0.1) is 58.2 Å². The molecular formula is C27H21BCl5F10N. The lowest BCUT2D eigenvalue weighted by atomic mass is 9.36. The van der Waals surface area contributed by atoms with E-state index in [9.17, 15) is 43.9 Å². The summed E-state index contributed by atoms with van der Waals surface area (Å²) < 4.78 is 142. The standard InChI is InChI=1S/C18HBCl5F10.C9H19N/c20-4-1(5(21)7(23)8(24)6(4)22)19(2-9(25)13(29)17(33)14(30)10(2)26)3-11(27)15(31)18(34)16(32)12(3)28;1-8(2)6-5-7-9(3,4)10-8/h19H;10H,5-7H2,1-4H3/q-1;/p+1. The lowest BCUT2D eigenvalue weighted by molar-refractivity contribution is -0.787. The molecule has 0 unspecified atom stereocenters. The van der Waals surface area contributed by atoms with Gasteiger partial charge in [0.05, 0.1) is 32.9 Å². The van der Waals surface area contributed by atoms with Crippen molar-refractivity contribution in [1.29, 1.82) is 0 Å². The molecule has 4 rings (SSSR count). The van der Waals surface area contributed by atoms with Crippen molar-refractivity contribution in [2.24, 2.45) is 0 Å². The molecule has 3 aromatic carbocycles. The fourth-order valence-corrected chi connectivity index (χ4v) is 7.06. The van der Waals surface area contributed by atoms with Gasteiger partial charge in [0.25, 0.3) is 0 Å². The molecule has 0 spiro atoms. The average Bonchev–Trinajstić information content (AvgIpc) is 2.94. The fourth-order valence-electron chi connectivity index (χ4n) is 5.61. The topological polar surface area (TPSA) is 16.6 Å². The van der Waals surface area contributed by atoms with Crippen molar-refractivity contribution in [2.45, 2.75) is 58.0 Å². The van der Waals surface area contributed by atoms with Crippen LogP contribution < -0.4 is 21.7 Å². The molecule has 0 saturated carbocycles. The highest BCUT2D eigenvalue weighted by molar-refractivity contribution is 6.98. The van der Waals surface area contributed by atoms with Gasteiger partial charge in [0.2, 0.25) is 0 Å². The number of quaternary nitrogens is 1. The van der Waals surface area contributed by atoms with E-state index in [1.807, 2.05) is 0 Å². The van der Waals surface area contributed by atoms with Crippen LogP contribution in [0.2, 0.25) is 25.1 Å². The lowest BCUT2D eigenvalue weighted by Crippen LogP contribution is -3.04. The van der Waals surface area contributed by atoms with Gasteiger partial charge in [-0.25, -0.2) is 43.9 Å². The van der Waals surface area contributed by atoms with Crippen LogP contribution in [0.25, 0.3) is 0 Å². The van der Waals surface area contributed by atoms with Gasteiger partial charge in [0, 0.05) is 22.9 Å². The molecule has 242 valence electrons. The van der Waals surface area contributed by atoms with Gasteiger partial charge in [-0.3, -0.25) is 0 Å². The zero-order chi connectivity index (χ0) is 33.8. The van der Waals surface area contributed by atoms with Gasteiger partial charge >= 0.3 is 0 Å². The van der Waals surface area contributed by atoms with Crippen molar-refractivity contribution in [3.8, 4) is 0 Å². The van der Waals surface area contributed by atoms with Crippen LogP contribution in [0.3, 0.4) is 0 Å². The van der Waals surface area contributed by atoms with Crippen LogP contribution >= 0.6 is 58.0 Å². The third-order valence-corrected chi connectivity index (χ3v) is 9.74. The molecule has 2 N–H and O–H groups in total. The van der Waals surface area contributed by atoms with Crippen LogP contribution in [0.15, 0.2) is 0 Å². The van der Waals surface area contributed by atoms with Crippen molar-refractivity contribution >= 4 is 81.1 Å². The highest BCUT2D eigenvalue weighted by Gasteiger charge is 2.37. The summed E-state index contributed by atoms with van der Waals surface area (Å²) in [5.74, 6) is -26.3. The molecule has 3 aromatic rings. The highest BCUT2D eigenvalue weighted by atomic mass is 35.5. The minimum Gasteiger partial charge on any atom is -0.337 e. The highest BCUT2D eigenvalue weighted by Crippen LogP contribution is 2.40. The third-order valence-electron chi connectivity index (χ3n) is 7.39. The maximum Gasteiger partial charge on any atom is 0.200 e. The zero-order valence-electron chi connectivity index (χ0n) is 23.1. The van der Waals surface area contributed by atoms with E-state index in [0.29, 0.717) is 11.1 Å². The van der Waals surface area contributed by atoms with E-state index in [-0.39, 0.29) is 0 Å². The monoisotopic (exact) mass is 735 g/mol. The smallest absolute Gasteiger partial charge is 0.200 e. The van der Waals surface area contributed by atoms with E-state index >= 15 is 0 Å². The Balaban J connectivity index is 0.000000448. The quantitative estimate of drug-likeness (QED) is 0.122. The first-order chi connectivity index (χ1) is 20.1. The Hall–Kier alpha value is -1.57. The van der Waals surface area contributed by atoms with E-state index in [2.05, 4.69) is 33.0 Å². The Morgan fingerprint density at radius 3 is 0.932 bits per heavy atom. The van der Waals surface area contributed by atoms with Crippen molar-refractivity contribution in [3.63, 3.8) is 0 Å². The lowest BCUT2D eigenvalue weighted by Gasteiger charge is -2.38. The Kier molecular flexibility index (Phi) is 11.1. The molecule has 0 aliphatic carbocycles. The molecule has 1 heterocycles. The minimum absolute atomic E-state index is 0.488. The zero-order valence-corrected chi connectivity index (χ0v) is 26.9. The number of hydrogen-bond donors (Lipinski definition) is 1. The molecule has 1 nitrogen and oxygen atoms in total. The van der Waals surface area contributed by atoms with Crippen molar-refractivity contribution < 1.29 is 49.2 Å². The number of rotatable bonds is 3. The van der Waals surface area contributed by atoms with Crippen molar-refractivity contribution in [1.82, 2.24) is 0 Å². The van der Waals surface area contributed by atoms with Crippen molar-refractivity contribution in [2.75, 3.05) is 0 Å². The Bertz CT molecular complexity index is 1380. The summed E-state index contributed by atoms with van der Waals surface area (Å²) in [6.45, 7) is 5.11. The molecule has 44 heavy (non-hydrogen) atoms. The largest absolute Gasteiger partial charge is 0.337 e. The molecule has 0 radical (unpaired) electrons. The Labute approximate surface area is 270 Å². The summed E-state index contributed by atoms with van der Waals surface area (Å²) in [5.41, 5.74) is -4.09. The molecule has 17 heteroatoms. The van der Waals surface area contributed by atoms with E-state index in [1.165, 1.54) is 19.3 Å². The number of hydrogen-bond acceptors (Lipinski definition) is 0.